The third kappa shape index (κ3) is 3.89. The van der Waals surface area contributed by atoms with Gasteiger partial charge >= 0.3 is 0 Å². The van der Waals surface area contributed by atoms with Crippen molar-refractivity contribution in [1.29, 1.82) is 0 Å². The van der Waals surface area contributed by atoms with Gasteiger partial charge in [-0.05, 0) is 35.9 Å². The minimum atomic E-state index is -0.802. The molecule has 2 aromatic rings. The van der Waals surface area contributed by atoms with Crippen LogP contribution in [0.3, 0.4) is 0 Å². The third-order valence-electron chi connectivity index (χ3n) is 3.20. The summed E-state index contributed by atoms with van der Waals surface area (Å²) in [5.41, 5.74) is 1.83. The highest BCUT2D eigenvalue weighted by atomic mass is 35.5. The second-order valence-electron chi connectivity index (χ2n) is 4.92. The zero-order chi connectivity index (χ0) is 16.4. The van der Waals surface area contributed by atoms with Gasteiger partial charge in [-0.3, -0.25) is 4.79 Å². The summed E-state index contributed by atoms with van der Waals surface area (Å²) in [6.45, 7) is 0. The van der Waals surface area contributed by atoms with E-state index in [1.165, 1.54) is 17.8 Å². The molecule has 0 atom stereocenters. The molecule has 1 aliphatic rings. The molecular formula is C16H11ClF2N2OS. The Morgan fingerprint density at radius 1 is 1.26 bits per heavy atom. The van der Waals surface area contributed by atoms with Crippen molar-refractivity contribution in [3.63, 3.8) is 0 Å². The number of halogens is 3. The van der Waals surface area contributed by atoms with Gasteiger partial charge in [0.25, 0.3) is 0 Å². The van der Waals surface area contributed by atoms with Crippen molar-refractivity contribution in [1.82, 2.24) is 0 Å². The first-order valence-electron chi connectivity index (χ1n) is 6.75. The Bertz CT molecular complexity index is 811. The SMILES string of the molecule is O=C(CSC1=Nc2ccc(Cl)cc2C1)Nc1ccc(F)cc1F. The molecule has 3 rings (SSSR count). The molecule has 118 valence electrons. The molecule has 7 heteroatoms. The van der Waals surface area contributed by atoms with Gasteiger partial charge in [0.15, 0.2) is 0 Å². The van der Waals surface area contributed by atoms with Gasteiger partial charge in [-0.2, -0.15) is 0 Å². The molecule has 0 spiro atoms. The number of aliphatic imine (C=N–C) groups is 1. The molecule has 0 saturated carbocycles. The first-order valence-corrected chi connectivity index (χ1v) is 8.11. The number of carbonyl (C=O) groups excluding carboxylic acids is 1. The second-order valence-corrected chi connectivity index (χ2v) is 6.40. The largest absolute Gasteiger partial charge is 0.323 e. The maximum absolute atomic E-state index is 13.5. The molecule has 0 aromatic heterocycles. The monoisotopic (exact) mass is 352 g/mol. The lowest BCUT2D eigenvalue weighted by molar-refractivity contribution is -0.113. The maximum atomic E-state index is 13.5. The van der Waals surface area contributed by atoms with E-state index in [2.05, 4.69) is 10.3 Å². The van der Waals surface area contributed by atoms with Crippen LogP contribution >= 0.6 is 23.4 Å². The van der Waals surface area contributed by atoms with E-state index < -0.39 is 11.6 Å². The summed E-state index contributed by atoms with van der Waals surface area (Å²) in [4.78, 5) is 16.3. The van der Waals surface area contributed by atoms with E-state index in [1.54, 1.807) is 6.07 Å². The Morgan fingerprint density at radius 2 is 2.09 bits per heavy atom. The lowest BCUT2D eigenvalue weighted by atomic mass is 10.2. The Balaban J connectivity index is 1.56. The topological polar surface area (TPSA) is 41.5 Å². The summed E-state index contributed by atoms with van der Waals surface area (Å²) < 4.78 is 26.3. The Labute approximate surface area is 140 Å². The number of fused-ring (bicyclic) bond motifs is 1. The summed E-state index contributed by atoms with van der Waals surface area (Å²) in [6.07, 6.45) is 0.624. The fourth-order valence-corrected chi connectivity index (χ4v) is 3.14. The predicted octanol–water partition coefficient (Wildman–Crippen LogP) is 4.58. The van der Waals surface area contributed by atoms with Crippen LogP contribution in [-0.2, 0) is 11.2 Å². The number of amides is 1. The average molecular weight is 353 g/mol. The molecule has 0 radical (unpaired) electrons. The van der Waals surface area contributed by atoms with Crippen LogP contribution in [-0.4, -0.2) is 16.7 Å². The highest BCUT2D eigenvalue weighted by molar-refractivity contribution is 8.14. The fourth-order valence-electron chi connectivity index (χ4n) is 2.15. The van der Waals surface area contributed by atoms with Crippen LogP contribution in [0.5, 0.6) is 0 Å². The molecule has 1 heterocycles. The number of thioether (sulfide) groups is 1. The fraction of sp³-hybridized carbons (Fsp3) is 0.125. The predicted molar refractivity (Wildman–Crippen MR) is 89.7 cm³/mol. The van der Waals surface area contributed by atoms with Gasteiger partial charge in [0.05, 0.1) is 22.2 Å². The lowest BCUT2D eigenvalue weighted by Gasteiger charge is -2.06. The second kappa shape index (κ2) is 6.68. The maximum Gasteiger partial charge on any atom is 0.234 e. The number of rotatable bonds is 3. The van der Waals surface area contributed by atoms with E-state index in [4.69, 9.17) is 11.6 Å². The Hall–Kier alpha value is -1.92. The van der Waals surface area contributed by atoms with Gasteiger partial charge in [0, 0.05) is 17.5 Å². The summed E-state index contributed by atoms with van der Waals surface area (Å²) in [5, 5.41) is 3.86. The van der Waals surface area contributed by atoms with E-state index in [1.807, 2.05) is 12.1 Å². The van der Waals surface area contributed by atoms with Gasteiger partial charge in [-0.15, -0.1) is 11.8 Å². The van der Waals surface area contributed by atoms with Crippen LogP contribution in [0.1, 0.15) is 5.56 Å². The van der Waals surface area contributed by atoms with Crippen LogP contribution in [0.4, 0.5) is 20.2 Å². The van der Waals surface area contributed by atoms with Crippen molar-refractivity contribution in [2.45, 2.75) is 6.42 Å². The average Bonchev–Trinajstić information content (AvgIpc) is 2.90. The summed E-state index contributed by atoms with van der Waals surface area (Å²) in [5.74, 6) is -1.77. The lowest BCUT2D eigenvalue weighted by Crippen LogP contribution is -2.16. The van der Waals surface area contributed by atoms with Crippen molar-refractivity contribution in [3.05, 3.63) is 58.6 Å². The van der Waals surface area contributed by atoms with Crippen molar-refractivity contribution in [2.24, 2.45) is 4.99 Å². The van der Waals surface area contributed by atoms with Gasteiger partial charge in [-0.25, -0.2) is 13.8 Å². The molecule has 1 N–H and O–H groups in total. The van der Waals surface area contributed by atoms with Gasteiger partial charge in [-0.1, -0.05) is 11.6 Å². The van der Waals surface area contributed by atoms with Crippen LogP contribution in [0.2, 0.25) is 5.02 Å². The van der Waals surface area contributed by atoms with E-state index >= 15 is 0 Å². The molecule has 1 aliphatic heterocycles. The number of hydrogen-bond donors (Lipinski definition) is 1. The van der Waals surface area contributed by atoms with Gasteiger partial charge in [0.2, 0.25) is 5.91 Å². The Kier molecular flexibility index (Phi) is 4.63. The molecular weight excluding hydrogens is 342 g/mol. The molecule has 3 nitrogen and oxygen atoms in total. The molecule has 0 bridgehead atoms. The smallest absolute Gasteiger partial charge is 0.234 e. The number of nitrogens with one attached hydrogen (secondary N) is 1. The zero-order valence-corrected chi connectivity index (χ0v) is 13.3. The van der Waals surface area contributed by atoms with Gasteiger partial charge in [0.1, 0.15) is 11.6 Å². The zero-order valence-electron chi connectivity index (χ0n) is 11.8. The van der Waals surface area contributed by atoms with Crippen molar-refractivity contribution in [2.75, 3.05) is 11.1 Å². The first-order chi connectivity index (χ1) is 11.0. The van der Waals surface area contributed by atoms with E-state index in [9.17, 15) is 13.6 Å². The quantitative estimate of drug-likeness (QED) is 0.878. The van der Waals surface area contributed by atoms with Crippen LogP contribution in [0.15, 0.2) is 41.4 Å². The molecule has 0 unspecified atom stereocenters. The van der Waals surface area contributed by atoms with Crippen molar-refractivity contribution < 1.29 is 13.6 Å². The summed E-state index contributed by atoms with van der Waals surface area (Å²) in [6, 6.07) is 8.46. The normalized spacial score (nSPS) is 12.7. The number of anilines is 1. The third-order valence-corrected chi connectivity index (χ3v) is 4.41. The molecule has 0 fully saturated rings. The number of nitrogens with zero attached hydrogens (tertiary/aromatic N) is 1. The number of hydrogen-bond acceptors (Lipinski definition) is 3. The number of benzene rings is 2. The first kappa shape index (κ1) is 16.0. The highest BCUT2D eigenvalue weighted by Crippen LogP contribution is 2.32. The molecule has 0 aliphatic carbocycles. The van der Waals surface area contributed by atoms with Crippen molar-refractivity contribution >= 4 is 45.7 Å². The molecule has 1 amide bonds. The highest BCUT2D eigenvalue weighted by Gasteiger charge is 2.17. The number of carbonyl (C=O) groups is 1. The van der Waals surface area contributed by atoms with E-state index in [-0.39, 0.29) is 17.3 Å². The standard InChI is InChI=1S/C16H11ClF2N2OS/c17-10-1-3-13-9(5-10)6-16(21-13)23-8-15(22)20-14-4-2-11(18)7-12(14)19/h1-5,7H,6,8H2,(H,20,22). The van der Waals surface area contributed by atoms with Crippen LogP contribution in [0, 0.1) is 11.6 Å². The minimum absolute atomic E-state index is 0.0413. The minimum Gasteiger partial charge on any atom is -0.323 e. The van der Waals surface area contributed by atoms with Gasteiger partial charge < -0.3 is 5.32 Å². The summed E-state index contributed by atoms with van der Waals surface area (Å²) in [7, 11) is 0. The molecule has 23 heavy (non-hydrogen) atoms. The Morgan fingerprint density at radius 3 is 2.87 bits per heavy atom. The van der Waals surface area contributed by atoms with E-state index in [0.29, 0.717) is 11.4 Å². The van der Waals surface area contributed by atoms with E-state index in [0.717, 1.165) is 28.4 Å². The van der Waals surface area contributed by atoms with Crippen LogP contribution in [0.25, 0.3) is 0 Å². The van der Waals surface area contributed by atoms with Crippen molar-refractivity contribution in [3.8, 4) is 0 Å². The molecule has 0 saturated heterocycles. The summed E-state index contributed by atoms with van der Waals surface area (Å²) >= 11 is 7.21. The van der Waals surface area contributed by atoms with Crippen LogP contribution < -0.4 is 5.32 Å². The molecule has 2 aromatic carbocycles.